The van der Waals surface area contributed by atoms with Crippen molar-refractivity contribution in [3.63, 3.8) is 0 Å². The number of amides is 2. The molecule has 1 atom stereocenters. The lowest BCUT2D eigenvalue weighted by Gasteiger charge is -2.24. The number of hydrogen-bond donors (Lipinski definition) is 3. The van der Waals surface area contributed by atoms with Crippen molar-refractivity contribution < 1.29 is 19.6 Å². The van der Waals surface area contributed by atoms with Crippen molar-refractivity contribution in [3.8, 4) is 0 Å². The molecule has 0 bridgehead atoms. The van der Waals surface area contributed by atoms with Gasteiger partial charge in [0.1, 0.15) is 0 Å². The third-order valence-corrected chi connectivity index (χ3v) is 6.00. The van der Waals surface area contributed by atoms with Crippen LogP contribution in [0, 0.1) is 0 Å². The second kappa shape index (κ2) is 13.8. The normalized spacial score (nSPS) is 15.5. The van der Waals surface area contributed by atoms with Crippen LogP contribution in [0.15, 0.2) is 48.8 Å². The number of pyridine rings is 2. The van der Waals surface area contributed by atoms with Crippen molar-refractivity contribution in [2.24, 2.45) is 0 Å². The summed E-state index contributed by atoms with van der Waals surface area (Å²) in [4.78, 5) is 37.1. The Morgan fingerprint density at radius 2 is 1.71 bits per heavy atom. The molecule has 9 nitrogen and oxygen atoms in total. The van der Waals surface area contributed by atoms with Gasteiger partial charge in [0.15, 0.2) is 0 Å². The maximum Gasteiger partial charge on any atom is 0.475 e. The molecule has 1 fully saturated rings. The van der Waals surface area contributed by atoms with E-state index in [0.717, 1.165) is 56.7 Å². The minimum atomic E-state index is -1.54. The molecule has 0 aromatic carbocycles. The molecule has 2 amide bonds. The van der Waals surface area contributed by atoms with Crippen molar-refractivity contribution in [3.05, 3.63) is 60.2 Å². The summed E-state index contributed by atoms with van der Waals surface area (Å²) in [6, 6.07) is 11.8. The molecular weight excluding hydrogens is 433 g/mol. The molecule has 3 heterocycles. The first kappa shape index (κ1) is 25.8. The van der Waals surface area contributed by atoms with Crippen LogP contribution >= 0.6 is 0 Å². The van der Waals surface area contributed by atoms with Crippen LogP contribution < -0.4 is 5.32 Å². The Bertz CT molecular complexity index is 846. The highest BCUT2D eigenvalue weighted by molar-refractivity contribution is 6.43. The second-order valence-electron chi connectivity index (χ2n) is 8.65. The van der Waals surface area contributed by atoms with Crippen molar-refractivity contribution in [1.29, 1.82) is 0 Å². The SMILES string of the molecule is O=C(CCCCCN(Cc1ccccn1)Cc1ccccn1)NCC(=O)N1CCCC1B(O)O. The molecule has 1 aliphatic heterocycles. The maximum atomic E-state index is 12.3. The summed E-state index contributed by atoms with van der Waals surface area (Å²) >= 11 is 0. The van der Waals surface area contributed by atoms with Gasteiger partial charge in [-0.3, -0.25) is 24.5 Å². The minimum absolute atomic E-state index is 0.107. The first-order valence-corrected chi connectivity index (χ1v) is 12.0. The Morgan fingerprint density at radius 1 is 1.03 bits per heavy atom. The summed E-state index contributed by atoms with van der Waals surface area (Å²) in [6.07, 6.45) is 7.83. The van der Waals surface area contributed by atoms with E-state index in [1.807, 2.05) is 36.4 Å². The number of nitrogens with one attached hydrogen (secondary N) is 1. The molecule has 1 saturated heterocycles. The number of likely N-dealkylation sites (tertiary alicyclic amines) is 1. The predicted octanol–water partition coefficient (Wildman–Crippen LogP) is 1.16. The fraction of sp³-hybridized carbons (Fsp3) is 0.500. The van der Waals surface area contributed by atoms with Crippen molar-refractivity contribution in [2.75, 3.05) is 19.6 Å². The zero-order chi connectivity index (χ0) is 24.2. The monoisotopic (exact) mass is 467 g/mol. The number of nitrogens with zero attached hydrogens (tertiary/aromatic N) is 4. The highest BCUT2D eigenvalue weighted by Crippen LogP contribution is 2.17. The van der Waals surface area contributed by atoms with Gasteiger partial charge in [0.2, 0.25) is 11.8 Å². The van der Waals surface area contributed by atoms with Crippen LogP contribution in [0.4, 0.5) is 0 Å². The smallest absolute Gasteiger partial charge is 0.426 e. The Labute approximate surface area is 201 Å². The molecule has 1 unspecified atom stereocenters. The van der Waals surface area contributed by atoms with E-state index in [4.69, 9.17) is 0 Å². The van der Waals surface area contributed by atoms with Crippen molar-refractivity contribution in [2.45, 2.75) is 57.6 Å². The number of aromatic nitrogens is 2. The third kappa shape index (κ3) is 8.51. The fourth-order valence-electron chi connectivity index (χ4n) is 4.23. The molecule has 0 saturated carbocycles. The van der Waals surface area contributed by atoms with Crippen LogP contribution in [0.5, 0.6) is 0 Å². The minimum Gasteiger partial charge on any atom is -0.426 e. The third-order valence-electron chi connectivity index (χ3n) is 6.00. The van der Waals surface area contributed by atoms with E-state index in [0.29, 0.717) is 19.4 Å². The molecule has 3 N–H and O–H groups in total. The zero-order valence-electron chi connectivity index (χ0n) is 19.6. The largest absolute Gasteiger partial charge is 0.475 e. The van der Waals surface area contributed by atoms with Crippen molar-refractivity contribution in [1.82, 2.24) is 25.1 Å². The number of unbranched alkanes of at least 4 members (excludes halogenated alkanes) is 2. The van der Waals surface area contributed by atoms with E-state index in [1.54, 1.807) is 12.4 Å². The van der Waals surface area contributed by atoms with E-state index in [1.165, 1.54) is 4.90 Å². The predicted molar refractivity (Wildman–Crippen MR) is 129 cm³/mol. The van der Waals surface area contributed by atoms with Crippen LogP contribution in [0.25, 0.3) is 0 Å². The Kier molecular flexibility index (Phi) is 10.5. The molecule has 182 valence electrons. The van der Waals surface area contributed by atoms with Gasteiger partial charge < -0.3 is 20.3 Å². The highest BCUT2D eigenvalue weighted by Gasteiger charge is 2.36. The van der Waals surface area contributed by atoms with E-state index in [-0.39, 0.29) is 18.4 Å². The van der Waals surface area contributed by atoms with Crippen LogP contribution in [-0.4, -0.2) is 74.3 Å². The molecule has 3 rings (SSSR count). The van der Waals surface area contributed by atoms with Gasteiger partial charge in [-0.15, -0.1) is 0 Å². The maximum absolute atomic E-state index is 12.3. The van der Waals surface area contributed by atoms with Crippen LogP contribution in [-0.2, 0) is 22.7 Å². The van der Waals surface area contributed by atoms with E-state index < -0.39 is 13.1 Å². The van der Waals surface area contributed by atoms with Crippen LogP contribution in [0.2, 0.25) is 0 Å². The summed E-state index contributed by atoms with van der Waals surface area (Å²) < 4.78 is 0. The van der Waals surface area contributed by atoms with Crippen LogP contribution in [0.3, 0.4) is 0 Å². The van der Waals surface area contributed by atoms with Crippen molar-refractivity contribution >= 4 is 18.9 Å². The van der Waals surface area contributed by atoms with Gasteiger partial charge in [-0.25, -0.2) is 0 Å². The lowest BCUT2D eigenvalue weighted by Crippen LogP contribution is -2.48. The second-order valence-corrected chi connectivity index (χ2v) is 8.65. The molecular formula is C24H34BN5O4. The molecule has 0 aliphatic carbocycles. The highest BCUT2D eigenvalue weighted by atomic mass is 16.4. The summed E-state index contributed by atoms with van der Waals surface area (Å²) in [5, 5.41) is 21.4. The summed E-state index contributed by atoms with van der Waals surface area (Å²) in [5.74, 6) is -1.01. The van der Waals surface area contributed by atoms with Gasteiger partial charge in [-0.05, 0) is 56.5 Å². The average molecular weight is 467 g/mol. The van der Waals surface area contributed by atoms with Gasteiger partial charge in [0, 0.05) is 38.4 Å². The Hall–Kier alpha value is -2.82. The van der Waals surface area contributed by atoms with Gasteiger partial charge in [0.25, 0.3) is 0 Å². The molecule has 2 aromatic heterocycles. The first-order chi connectivity index (χ1) is 16.5. The molecule has 2 aromatic rings. The fourth-order valence-corrected chi connectivity index (χ4v) is 4.23. The standard InChI is InChI=1S/C24H34BN5O4/c31-23(28-17-24(32)30-16-8-11-22(30)25(33)34)12-2-1-7-15-29(18-20-9-3-5-13-26-20)19-21-10-4-6-14-27-21/h3-6,9-10,13-14,22,33-34H,1-2,7-8,11-12,15-19H2,(H,28,31). The molecule has 10 heteroatoms. The van der Waals surface area contributed by atoms with Gasteiger partial charge in [0.05, 0.1) is 23.9 Å². The first-order valence-electron chi connectivity index (χ1n) is 12.0. The summed E-state index contributed by atoms with van der Waals surface area (Å²) in [6.45, 7) is 2.72. The summed E-state index contributed by atoms with van der Waals surface area (Å²) in [7, 11) is -1.54. The number of rotatable bonds is 13. The van der Waals surface area contributed by atoms with E-state index >= 15 is 0 Å². The molecule has 0 radical (unpaired) electrons. The van der Waals surface area contributed by atoms with Gasteiger partial charge in [-0.1, -0.05) is 18.6 Å². The molecule has 1 aliphatic rings. The quantitative estimate of drug-likeness (QED) is 0.299. The Morgan fingerprint density at radius 3 is 2.29 bits per heavy atom. The number of carbonyl (C=O) groups is 2. The average Bonchev–Trinajstić information content (AvgIpc) is 3.34. The van der Waals surface area contributed by atoms with Crippen LogP contribution in [0.1, 0.15) is 49.9 Å². The van der Waals surface area contributed by atoms with E-state index in [9.17, 15) is 19.6 Å². The Balaban J connectivity index is 1.35. The summed E-state index contributed by atoms with van der Waals surface area (Å²) in [5.41, 5.74) is 2.02. The molecule has 34 heavy (non-hydrogen) atoms. The number of carbonyl (C=O) groups excluding carboxylic acids is 2. The lowest BCUT2D eigenvalue weighted by atomic mass is 9.78. The zero-order valence-corrected chi connectivity index (χ0v) is 19.6. The van der Waals surface area contributed by atoms with Gasteiger partial charge >= 0.3 is 7.12 Å². The number of hydrogen-bond acceptors (Lipinski definition) is 7. The molecule has 0 spiro atoms. The van der Waals surface area contributed by atoms with Gasteiger partial charge in [-0.2, -0.15) is 0 Å². The topological polar surface area (TPSA) is 119 Å². The lowest BCUT2D eigenvalue weighted by molar-refractivity contribution is -0.132. The van der Waals surface area contributed by atoms with E-state index in [2.05, 4.69) is 20.2 Å².